The molecule has 0 saturated carbocycles. The number of halogens is 2. The van der Waals surface area contributed by atoms with Gasteiger partial charge in [-0.1, -0.05) is 0 Å². The van der Waals surface area contributed by atoms with E-state index in [-0.39, 0.29) is 11.6 Å². The molecule has 1 atom stereocenters. The van der Waals surface area contributed by atoms with E-state index >= 15 is 0 Å². The van der Waals surface area contributed by atoms with Gasteiger partial charge in [0.25, 0.3) is 0 Å². The Morgan fingerprint density at radius 1 is 1.23 bits per heavy atom. The summed E-state index contributed by atoms with van der Waals surface area (Å²) in [6, 6.07) is 3.23. The van der Waals surface area contributed by atoms with Crippen molar-refractivity contribution in [2.75, 3.05) is 0 Å². The third kappa shape index (κ3) is 3.23. The largest absolute Gasteiger partial charge is 0.247 e. The van der Waals surface area contributed by atoms with Crippen LogP contribution < -0.4 is 0 Å². The van der Waals surface area contributed by atoms with E-state index in [2.05, 4.69) is 20.2 Å². The van der Waals surface area contributed by atoms with Gasteiger partial charge in [0.15, 0.2) is 0 Å². The van der Waals surface area contributed by atoms with Gasteiger partial charge in [0, 0.05) is 28.6 Å². The Kier molecular flexibility index (Phi) is 4.30. The molecule has 2 heterocycles. The fourth-order valence-electron chi connectivity index (χ4n) is 1.76. The smallest absolute Gasteiger partial charge is 0.230 e. The molecule has 8 heteroatoms. The molecular formula is C14H10F2N4S2. The summed E-state index contributed by atoms with van der Waals surface area (Å²) in [4.78, 5) is 8.37. The molecular weight excluding hydrogens is 326 g/mol. The lowest BCUT2D eigenvalue weighted by Crippen LogP contribution is -1.86. The highest BCUT2D eigenvalue weighted by Crippen LogP contribution is 2.30. The second-order valence-electron chi connectivity index (χ2n) is 4.40. The van der Waals surface area contributed by atoms with E-state index in [0.717, 1.165) is 11.1 Å². The summed E-state index contributed by atoms with van der Waals surface area (Å²) in [6.45, 7) is 1.89. The minimum atomic E-state index is -0.648. The number of hydrogen-bond donors (Lipinski definition) is 0. The first-order valence-corrected chi connectivity index (χ1v) is 8.10. The Morgan fingerprint density at radius 2 is 2.09 bits per heavy atom. The van der Waals surface area contributed by atoms with E-state index in [1.54, 1.807) is 11.6 Å². The molecule has 112 valence electrons. The average molecular weight is 336 g/mol. The molecule has 0 aliphatic rings. The zero-order valence-electron chi connectivity index (χ0n) is 11.4. The van der Waals surface area contributed by atoms with Crippen molar-refractivity contribution in [1.82, 2.24) is 9.97 Å². The number of benzene rings is 1. The summed E-state index contributed by atoms with van der Waals surface area (Å²) in [5, 5.41) is 13.0. The molecule has 4 nitrogen and oxygen atoms in total. The SMILES string of the molecule is CC(N=Nc1nc(-c2ccc(F)cc2F)cs1)c1nccs1. The first-order chi connectivity index (χ1) is 10.6. The lowest BCUT2D eigenvalue weighted by molar-refractivity contribution is 0.585. The van der Waals surface area contributed by atoms with E-state index in [1.807, 2.05) is 12.3 Å². The van der Waals surface area contributed by atoms with Crippen molar-refractivity contribution in [3.63, 3.8) is 0 Å². The number of azo groups is 1. The lowest BCUT2D eigenvalue weighted by atomic mass is 10.1. The van der Waals surface area contributed by atoms with Crippen LogP contribution in [-0.2, 0) is 0 Å². The van der Waals surface area contributed by atoms with Gasteiger partial charge in [-0.3, -0.25) is 0 Å². The molecule has 0 aliphatic heterocycles. The van der Waals surface area contributed by atoms with Gasteiger partial charge >= 0.3 is 0 Å². The van der Waals surface area contributed by atoms with Crippen molar-refractivity contribution in [2.24, 2.45) is 10.2 Å². The van der Waals surface area contributed by atoms with Crippen molar-refractivity contribution in [3.8, 4) is 11.3 Å². The molecule has 0 bridgehead atoms. The van der Waals surface area contributed by atoms with E-state index in [4.69, 9.17) is 0 Å². The minimum absolute atomic E-state index is 0.157. The van der Waals surface area contributed by atoms with Gasteiger partial charge in [0.1, 0.15) is 22.7 Å². The van der Waals surface area contributed by atoms with Crippen molar-refractivity contribution in [3.05, 3.63) is 51.8 Å². The zero-order chi connectivity index (χ0) is 15.5. The maximum Gasteiger partial charge on any atom is 0.230 e. The van der Waals surface area contributed by atoms with Crippen molar-refractivity contribution >= 4 is 27.8 Å². The lowest BCUT2D eigenvalue weighted by Gasteiger charge is -1.99. The number of rotatable bonds is 4. The van der Waals surface area contributed by atoms with E-state index in [1.165, 1.54) is 34.8 Å². The van der Waals surface area contributed by atoms with Gasteiger partial charge in [0.05, 0.1) is 5.69 Å². The molecule has 0 amide bonds. The fourth-order valence-corrected chi connectivity index (χ4v) is 3.03. The summed E-state index contributed by atoms with van der Waals surface area (Å²) in [6.07, 6.45) is 1.71. The Labute approximate surface area is 133 Å². The van der Waals surface area contributed by atoms with Crippen molar-refractivity contribution in [1.29, 1.82) is 0 Å². The van der Waals surface area contributed by atoms with Gasteiger partial charge in [0.2, 0.25) is 5.13 Å². The van der Waals surface area contributed by atoms with Gasteiger partial charge in [-0.05, 0) is 19.1 Å². The third-order valence-corrected chi connectivity index (χ3v) is 4.50. The predicted molar refractivity (Wildman–Crippen MR) is 82.5 cm³/mol. The number of nitrogens with zero attached hydrogens (tertiary/aromatic N) is 4. The Balaban J connectivity index is 1.79. The second kappa shape index (κ2) is 6.37. The fraction of sp³-hybridized carbons (Fsp3) is 0.143. The minimum Gasteiger partial charge on any atom is -0.247 e. The predicted octanol–water partition coefficient (Wildman–Crippen LogP) is 5.39. The molecule has 0 N–H and O–H groups in total. The van der Waals surface area contributed by atoms with Crippen LogP contribution in [0, 0.1) is 11.6 Å². The first kappa shape index (κ1) is 14.9. The molecule has 0 radical (unpaired) electrons. The summed E-state index contributed by atoms with van der Waals surface area (Å²) >= 11 is 2.75. The van der Waals surface area contributed by atoms with Crippen LogP contribution in [0.3, 0.4) is 0 Å². The number of thiazole rings is 2. The highest BCUT2D eigenvalue weighted by atomic mass is 32.1. The molecule has 0 spiro atoms. The monoisotopic (exact) mass is 336 g/mol. The average Bonchev–Trinajstić information content (AvgIpc) is 3.16. The summed E-state index contributed by atoms with van der Waals surface area (Å²) in [5.74, 6) is -1.27. The highest BCUT2D eigenvalue weighted by molar-refractivity contribution is 7.13. The van der Waals surface area contributed by atoms with Crippen LogP contribution in [0.2, 0.25) is 0 Å². The number of hydrogen-bond acceptors (Lipinski definition) is 6. The van der Waals surface area contributed by atoms with Crippen LogP contribution in [0.4, 0.5) is 13.9 Å². The molecule has 0 saturated heterocycles. The van der Waals surface area contributed by atoms with Crippen LogP contribution in [0.1, 0.15) is 18.0 Å². The summed E-state index contributed by atoms with van der Waals surface area (Å²) in [7, 11) is 0. The van der Waals surface area contributed by atoms with Gasteiger partial charge in [-0.2, -0.15) is 5.11 Å². The van der Waals surface area contributed by atoms with Crippen LogP contribution in [-0.4, -0.2) is 9.97 Å². The maximum atomic E-state index is 13.7. The third-order valence-electron chi connectivity index (χ3n) is 2.82. The van der Waals surface area contributed by atoms with E-state index in [9.17, 15) is 8.78 Å². The van der Waals surface area contributed by atoms with Crippen LogP contribution in [0.25, 0.3) is 11.3 Å². The normalized spacial score (nSPS) is 12.9. The van der Waals surface area contributed by atoms with Crippen molar-refractivity contribution in [2.45, 2.75) is 13.0 Å². The van der Waals surface area contributed by atoms with Crippen LogP contribution in [0.5, 0.6) is 0 Å². The molecule has 22 heavy (non-hydrogen) atoms. The van der Waals surface area contributed by atoms with Crippen LogP contribution in [0.15, 0.2) is 45.4 Å². The molecule has 2 aromatic heterocycles. The molecule has 3 rings (SSSR count). The molecule has 1 unspecified atom stereocenters. The van der Waals surface area contributed by atoms with Gasteiger partial charge < -0.3 is 0 Å². The zero-order valence-corrected chi connectivity index (χ0v) is 13.0. The van der Waals surface area contributed by atoms with Gasteiger partial charge in [-0.25, -0.2) is 18.7 Å². The Hall–Kier alpha value is -2.06. The quantitative estimate of drug-likeness (QED) is 0.600. The summed E-state index contributed by atoms with van der Waals surface area (Å²) in [5.41, 5.74) is 0.658. The number of aromatic nitrogens is 2. The second-order valence-corrected chi connectivity index (χ2v) is 6.16. The Bertz CT molecular complexity index is 799. The molecule has 1 aromatic carbocycles. The standard InChI is InChI=1S/C14H10F2N4S2/c1-8(13-17-4-5-21-13)19-20-14-18-12(7-22-14)10-3-2-9(15)6-11(10)16/h2-8H,1H3. The van der Waals surface area contributed by atoms with Crippen molar-refractivity contribution < 1.29 is 8.78 Å². The van der Waals surface area contributed by atoms with Gasteiger partial charge in [-0.15, -0.1) is 27.8 Å². The van der Waals surface area contributed by atoms with E-state index in [0.29, 0.717) is 10.8 Å². The highest BCUT2D eigenvalue weighted by Gasteiger charge is 2.11. The van der Waals surface area contributed by atoms with E-state index < -0.39 is 11.6 Å². The summed E-state index contributed by atoms with van der Waals surface area (Å²) < 4.78 is 26.6. The maximum absolute atomic E-state index is 13.7. The Morgan fingerprint density at radius 3 is 2.82 bits per heavy atom. The molecule has 0 fully saturated rings. The first-order valence-electron chi connectivity index (χ1n) is 6.34. The topological polar surface area (TPSA) is 50.5 Å². The molecule has 0 aliphatic carbocycles. The van der Waals surface area contributed by atoms with Crippen LogP contribution >= 0.6 is 22.7 Å². The molecule has 3 aromatic rings.